The van der Waals surface area contributed by atoms with Crippen molar-refractivity contribution < 1.29 is 23.8 Å². The van der Waals surface area contributed by atoms with E-state index in [9.17, 15) is 19.5 Å². The van der Waals surface area contributed by atoms with Crippen LogP contribution in [0, 0.1) is 6.92 Å². The number of hydrogen-bond acceptors (Lipinski definition) is 6. The van der Waals surface area contributed by atoms with E-state index in [1.165, 1.54) is 0 Å². The zero-order chi connectivity index (χ0) is 22.5. The summed E-state index contributed by atoms with van der Waals surface area (Å²) >= 11 is 0. The number of carboxylic acid groups (broad SMARTS) is 1. The van der Waals surface area contributed by atoms with Crippen LogP contribution in [-0.2, 0) is 22.4 Å². The molecular formula is C21H26N4O6. The van der Waals surface area contributed by atoms with Gasteiger partial charge in [0.2, 0.25) is 0 Å². The Morgan fingerprint density at radius 2 is 2.03 bits per heavy atom. The Bertz CT molecular complexity index is 1090. The van der Waals surface area contributed by atoms with Crippen molar-refractivity contribution in [1.29, 1.82) is 0 Å². The van der Waals surface area contributed by atoms with Crippen LogP contribution >= 0.6 is 0 Å². The molecule has 0 bridgehead atoms. The number of benzene rings is 1. The lowest BCUT2D eigenvalue weighted by molar-refractivity contribution is -0.142. The molecule has 0 fully saturated rings. The maximum atomic E-state index is 12.2. The first kappa shape index (κ1) is 22.1. The number of fused-ring (bicyclic) bond motifs is 3. The lowest BCUT2D eigenvalue weighted by atomic mass is 10.0. The molecule has 2 aromatic rings. The molecule has 1 atom stereocenters. The number of aryl methyl sites for hydroxylation is 2. The average Bonchev–Trinajstić information content (AvgIpc) is 3.21. The van der Waals surface area contributed by atoms with Gasteiger partial charge in [0.1, 0.15) is 17.4 Å². The van der Waals surface area contributed by atoms with E-state index in [2.05, 4.69) is 10.3 Å². The molecule has 0 aliphatic heterocycles. The highest BCUT2D eigenvalue weighted by Crippen LogP contribution is 2.32. The second-order valence-corrected chi connectivity index (χ2v) is 7.46. The number of nitrogens with zero attached hydrogens (tertiary/aromatic N) is 1. The van der Waals surface area contributed by atoms with E-state index in [1.54, 1.807) is 13.0 Å². The smallest absolute Gasteiger partial charge is 0.339 e. The fraction of sp³-hybridized carbons (Fsp3) is 0.429. The van der Waals surface area contributed by atoms with E-state index < -0.39 is 17.9 Å². The van der Waals surface area contributed by atoms with E-state index in [1.807, 2.05) is 6.07 Å². The maximum Gasteiger partial charge on any atom is 0.339 e. The van der Waals surface area contributed by atoms with Crippen molar-refractivity contribution in [2.75, 3.05) is 13.2 Å². The van der Waals surface area contributed by atoms with Crippen LogP contribution < -0.4 is 27.1 Å². The van der Waals surface area contributed by atoms with Gasteiger partial charge in [-0.25, -0.2) is 9.59 Å². The number of amides is 1. The second kappa shape index (κ2) is 9.50. The fourth-order valence-electron chi connectivity index (χ4n) is 3.76. The Morgan fingerprint density at radius 3 is 2.74 bits per heavy atom. The molecule has 1 unspecified atom stereocenters. The highest BCUT2D eigenvalue weighted by atomic mass is 16.5. The lowest BCUT2D eigenvalue weighted by Gasteiger charge is -2.15. The van der Waals surface area contributed by atoms with Gasteiger partial charge in [0, 0.05) is 23.1 Å². The summed E-state index contributed by atoms with van der Waals surface area (Å²) in [5.41, 5.74) is 12.9. The molecule has 166 valence electrons. The van der Waals surface area contributed by atoms with Crippen LogP contribution in [0.1, 0.15) is 36.0 Å². The summed E-state index contributed by atoms with van der Waals surface area (Å²) < 4.78 is 11.1. The van der Waals surface area contributed by atoms with E-state index in [-0.39, 0.29) is 31.2 Å². The molecule has 0 spiro atoms. The van der Waals surface area contributed by atoms with E-state index in [4.69, 9.17) is 20.6 Å². The van der Waals surface area contributed by atoms with Gasteiger partial charge in [-0.1, -0.05) is 0 Å². The first-order valence-electron chi connectivity index (χ1n) is 10.1. The van der Waals surface area contributed by atoms with Crippen molar-refractivity contribution in [1.82, 2.24) is 5.32 Å². The monoisotopic (exact) mass is 430 g/mol. The summed E-state index contributed by atoms with van der Waals surface area (Å²) in [7, 11) is 0. The Labute approximate surface area is 178 Å². The van der Waals surface area contributed by atoms with Crippen molar-refractivity contribution in [3.8, 4) is 5.75 Å². The molecule has 10 nitrogen and oxygen atoms in total. The van der Waals surface area contributed by atoms with Gasteiger partial charge in [0.25, 0.3) is 5.91 Å². The standard InChI is InChI=1S/C21H26N4O6/c1-11-16(8-7-13-12-4-2-5-14(12)20(29)31-18(11)13)30-10-17(26)25-15(19(27)28)6-3-9-24-21(22)23/h7-8,15H,2-6,9-10H2,1H3,(H,25,26)(H,27,28)(H4,22,23,24). The molecule has 1 heterocycles. The minimum absolute atomic E-state index is 0.0733. The van der Waals surface area contributed by atoms with E-state index in [0.29, 0.717) is 23.3 Å². The van der Waals surface area contributed by atoms with Gasteiger partial charge in [-0.15, -0.1) is 0 Å². The molecule has 10 heteroatoms. The third-order valence-electron chi connectivity index (χ3n) is 5.28. The van der Waals surface area contributed by atoms with Crippen LogP contribution in [0.5, 0.6) is 5.75 Å². The molecule has 1 aliphatic rings. The Morgan fingerprint density at radius 1 is 1.29 bits per heavy atom. The SMILES string of the molecule is Cc1c(OCC(=O)NC(CCCN=C(N)N)C(=O)O)ccc2c3c(c(=O)oc12)CCC3. The number of ether oxygens (including phenoxy) is 1. The molecule has 1 aromatic heterocycles. The van der Waals surface area contributed by atoms with Crippen molar-refractivity contribution >= 4 is 28.8 Å². The predicted molar refractivity (Wildman–Crippen MR) is 114 cm³/mol. The van der Waals surface area contributed by atoms with Crippen molar-refractivity contribution in [3.63, 3.8) is 0 Å². The molecular weight excluding hydrogens is 404 g/mol. The van der Waals surface area contributed by atoms with Crippen LogP contribution in [0.3, 0.4) is 0 Å². The normalized spacial score (nSPS) is 13.5. The predicted octanol–water partition coefficient (Wildman–Crippen LogP) is 0.592. The quantitative estimate of drug-likeness (QED) is 0.194. The van der Waals surface area contributed by atoms with Gasteiger partial charge >= 0.3 is 11.6 Å². The van der Waals surface area contributed by atoms with Crippen LogP contribution in [-0.4, -0.2) is 42.1 Å². The summed E-state index contributed by atoms with van der Waals surface area (Å²) in [4.78, 5) is 39.6. The summed E-state index contributed by atoms with van der Waals surface area (Å²) in [6.07, 6.45) is 3.04. The van der Waals surface area contributed by atoms with E-state index >= 15 is 0 Å². The first-order valence-corrected chi connectivity index (χ1v) is 10.1. The summed E-state index contributed by atoms with van der Waals surface area (Å²) in [6.45, 7) is 1.65. The number of carbonyl (C=O) groups is 2. The molecule has 0 saturated heterocycles. The Hall–Kier alpha value is -3.56. The molecule has 31 heavy (non-hydrogen) atoms. The van der Waals surface area contributed by atoms with Gasteiger partial charge in [-0.3, -0.25) is 9.79 Å². The minimum Gasteiger partial charge on any atom is -0.483 e. The van der Waals surface area contributed by atoms with Crippen LogP contribution in [0.2, 0.25) is 0 Å². The van der Waals surface area contributed by atoms with Gasteiger partial charge in [-0.2, -0.15) is 0 Å². The van der Waals surface area contributed by atoms with Crippen LogP contribution in [0.4, 0.5) is 0 Å². The topological polar surface area (TPSA) is 170 Å². The third-order valence-corrected chi connectivity index (χ3v) is 5.28. The highest BCUT2D eigenvalue weighted by Gasteiger charge is 2.22. The molecule has 0 radical (unpaired) electrons. The van der Waals surface area contributed by atoms with Gasteiger partial charge in [0.05, 0.1) is 0 Å². The number of carboxylic acids is 1. The summed E-state index contributed by atoms with van der Waals surface area (Å²) in [5, 5.41) is 12.6. The molecule has 1 aliphatic carbocycles. The minimum atomic E-state index is -1.16. The molecule has 1 amide bonds. The summed E-state index contributed by atoms with van der Waals surface area (Å²) in [6, 6.07) is 2.48. The number of aliphatic carboxylic acids is 1. The van der Waals surface area contributed by atoms with Crippen LogP contribution in [0.25, 0.3) is 11.0 Å². The zero-order valence-corrected chi connectivity index (χ0v) is 17.3. The number of guanidine groups is 1. The van der Waals surface area contributed by atoms with Crippen molar-refractivity contribution in [2.24, 2.45) is 16.5 Å². The van der Waals surface area contributed by atoms with E-state index in [0.717, 1.165) is 35.8 Å². The first-order chi connectivity index (χ1) is 14.8. The average molecular weight is 430 g/mol. The maximum absolute atomic E-state index is 12.2. The Kier molecular flexibility index (Phi) is 6.78. The van der Waals surface area contributed by atoms with Crippen molar-refractivity contribution in [3.05, 3.63) is 39.2 Å². The highest BCUT2D eigenvalue weighted by molar-refractivity contribution is 5.87. The number of rotatable bonds is 9. The number of hydrogen-bond donors (Lipinski definition) is 4. The van der Waals surface area contributed by atoms with Gasteiger partial charge < -0.3 is 31.0 Å². The largest absolute Gasteiger partial charge is 0.483 e. The second-order valence-electron chi connectivity index (χ2n) is 7.46. The number of carbonyl (C=O) groups excluding carboxylic acids is 1. The fourth-order valence-corrected chi connectivity index (χ4v) is 3.76. The summed E-state index contributed by atoms with van der Waals surface area (Å²) in [5.74, 6) is -1.42. The Balaban J connectivity index is 1.65. The van der Waals surface area contributed by atoms with Gasteiger partial charge in [0.15, 0.2) is 12.6 Å². The van der Waals surface area contributed by atoms with Crippen LogP contribution in [0.15, 0.2) is 26.3 Å². The number of aliphatic imine (C=N–C) groups is 1. The third kappa shape index (κ3) is 5.14. The number of nitrogens with one attached hydrogen (secondary N) is 1. The lowest BCUT2D eigenvalue weighted by Crippen LogP contribution is -2.43. The van der Waals surface area contributed by atoms with Crippen molar-refractivity contribution in [2.45, 2.75) is 45.1 Å². The molecule has 0 saturated carbocycles. The zero-order valence-electron chi connectivity index (χ0n) is 17.3. The number of nitrogens with two attached hydrogens (primary N) is 2. The molecule has 1 aromatic carbocycles. The molecule has 3 rings (SSSR count). The van der Waals surface area contributed by atoms with Gasteiger partial charge in [-0.05, 0) is 56.7 Å². The molecule has 6 N–H and O–H groups in total.